The Balaban J connectivity index is 1.87. The summed E-state index contributed by atoms with van der Waals surface area (Å²) in [4.78, 5) is 23.9. The molecular weight excluding hydrogens is 285 g/mol. The minimum Gasteiger partial charge on any atom is -0.307 e. The number of carbonyl (C=O) groups is 1. The van der Waals surface area contributed by atoms with Crippen molar-refractivity contribution < 1.29 is 9.18 Å². The number of para-hydroxylation sites is 1. The molecule has 0 atom stereocenters. The highest BCUT2D eigenvalue weighted by Gasteiger charge is 2.13. The second-order valence-electron chi connectivity index (χ2n) is 4.61. The second-order valence-corrected chi connectivity index (χ2v) is 4.61. The van der Waals surface area contributed by atoms with Crippen LogP contribution in [0.25, 0.3) is 5.69 Å². The molecule has 22 heavy (non-hydrogen) atoms. The van der Waals surface area contributed by atoms with Gasteiger partial charge in [0.25, 0.3) is 11.5 Å². The van der Waals surface area contributed by atoms with Crippen molar-refractivity contribution in [2.45, 2.75) is 0 Å². The van der Waals surface area contributed by atoms with E-state index in [1.54, 1.807) is 30.3 Å². The average molecular weight is 297 g/mol. The molecule has 1 amide bonds. The lowest BCUT2D eigenvalue weighted by molar-refractivity contribution is 0.102. The van der Waals surface area contributed by atoms with Crippen LogP contribution in [0.1, 0.15) is 10.4 Å². The van der Waals surface area contributed by atoms with E-state index < -0.39 is 11.7 Å². The first-order chi connectivity index (χ1) is 10.6. The van der Waals surface area contributed by atoms with Crippen LogP contribution in [0.2, 0.25) is 0 Å². The van der Waals surface area contributed by atoms with Crippen LogP contribution in [0.15, 0.2) is 65.5 Å². The summed E-state index contributed by atoms with van der Waals surface area (Å²) in [6, 6.07) is 15.8. The number of nitrogens with zero attached hydrogens (tertiary/aromatic N) is 1. The third-order valence-corrected chi connectivity index (χ3v) is 3.10. The zero-order valence-corrected chi connectivity index (χ0v) is 11.4. The van der Waals surface area contributed by atoms with Crippen molar-refractivity contribution in [3.8, 4) is 5.69 Å². The number of hydrogen-bond donors (Lipinski definition) is 2. The molecule has 1 heterocycles. The van der Waals surface area contributed by atoms with E-state index in [0.717, 1.165) is 0 Å². The summed E-state index contributed by atoms with van der Waals surface area (Å²) in [5.74, 6) is -1.05. The molecule has 0 aliphatic rings. The fourth-order valence-corrected chi connectivity index (χ4v) is 2.06. The molecule has 5 nitrogen and oxygen atoms in total. The van der Waals surface area contributed by atoms with Crippen molar-refractivity contribution in [3.05, 3.63) is 82.4 Å². The van der Waals surface area contributed by atoms with E-state index in [9.17, 15) is 14.0 Å². The van der Waals surface area contributed by atoms with E-state index in [1.807, 2.05) is 6.07 Å². The van der Waals surface area contributed by atoms with Crippen LogP contribution in [0.3, 0.4) is 0 Å². The smallest absolute Gasteiger partial charge is 0.273 e. The second kappa shape index (κ2) is 5.69. The van der Waals surface area contributed by atoms with Gasteiger partial charge in [0.2, 0.25) is 0 Å². The fraction of sp³-hybridized carbons (Fsp3) is 0. The molecule has 0 unspecified atom stereocenters. The van der Waals surface area contributed by atoms with E-state index >= 15 is 0 Å². The zero-order chi connectivity index (χ0) is 15.5. The first kappa shape index (κ1) is 13.8. The van der Waals surface area contributed by atoms with Crippen LogP contribution in [-0.2, 0) is 0 Å². The number of H-pyrrole nitrogens is 1. The van der Waals surface area contributed by atoms with Gasteiger partial charge in [0.15, 0.2) is 0 Å². The highest BCUT2D eigenvalue weighted by atomic mass is 19.1. The molecule has 3 rings (SSSR count). The number of aromatic nitrogens is 2. The molecule has 0 radical (unpaired) electrons. The Morgan fingerprint density at radius 1 is 1.05 bits per heavy atom. The van der Waals surface area contributed by atoms with Crippen LogP contribution in [-0.4, -0.2) is 15.7 Å². The van der Waals surface area contributed by atoms with Crippen molar-refractivity contribution in [1.82, 2.24) is 9.78 Å². The molecule has 0 aliphatic heterocycles. The lowest BCUT2D eigenvalue weighted by atomic mass is 10.2. The maximum Gasteiger partial charge on any atom is 0.273 e. The molecule has 3 aromatic rings. The largest absolute Gasteiger partial charge is 0.307 e. The number of nitrogens with one attached hydrogen (secondary N) is 2. The number of rotatable bonds is 3. The van der Waals surface area contributed by atoms with E-state index in [2.05, 4.69) is 10.4 Å². The number of benzene rings is 2. The number of aromatic amines is 1. The standard InChI is InChI=1S/C16H12FN3O2/c17-13-9-5-4-8-12(13)16(22)18-14-10-15(21)20(19-14)11-6-2-1-3-7-11/h1-10,19H,(H,18,22). The number of anilines is 1. The molecule has 2 N–H and O–H groups in total. The molecule has 2 aromatic carbocycles. The quantitative estimate of drug-likeness (QED) is 0.780. The van der Waals surface area contributed by atoms with Crippen LogP contribution < -0.4 is 10.9 Å². The minimum absolute atomic E-state index is 0.0872. The highest BCUT2D eigenvalue weighted by molar-refractivity contribution is 6.03. The SMILES string of the molecule is O=C(Nc1cc(=O)n(-c2ccccc2)[nH]1)c1ccccc1F. The normalized spacial score (nSPS) is 10.4. The predicted octanol–water partition coefficient (Wildman–Crippen LogP) is 2.56. The lowest BCUT2D eigenvalue weighted by Crippen LogP contribution is -2.14. The van der Waals surface area contributed by atoms with Crippen LogP contribution in [0.4, 0.5) is 10.2 Å². The molecule has 0 saturated carbocycles. The first-order valence-corrected chi connectivity index (χ1v) is 6.58. The number of halogens is 1. The maximum absolute atomic E-state index is 13.6. The van der Waals surface area contributed by atoms with E-state index in [-0.39, 0.29) is 16.9 Å². The number of amides is 1. The van der Waals surface area contributed by atoms with Gasteiger partial charge in [-0.1, -0.05) is 30.3 Å². The Bertz CT molecular complexity index is 868. The van der Waals surface area contributed by atoms with E-state index in [1.165, 1.54) is 28.9 Å². The van der Waals surface area contributed by atoms with E-state index in [4.69, 9.17) is 0 Å². The summed E-state index contributed by atoms with van der Waals surface area (Å²) in [6.45, 7) is 0. The predicted molar refractivity (Wildman–Crippen MR) is 80.7 cm³/mol. The van der Waals surface area contributed by atoms with Crippen LogP contribution in [0.5, 0.6) is 0 Å². The third-order valence-electron chi connectivity index (χ3n) is 3.10. The average Bonchev–Trinajstić information content (AvgIpc) is 2.89. The third kappa shape index (κ3) is 2.67. The van der Waals surface area contributed by atoms with Gasteiger partial charge >= 0.3 is 0 Å². The monoisotopic (exact) mass is 297 g/mol. The summed E-state index contributed by atoms with van der Waals surface area (Å²) in [7, 11) is 0. The first-order valence-electron chi connectivity index (χ1n) is 6.58. The Labute approximate surface area is 125 Å². The molecule has 0 fully saturated rings. The molecular formula is C16H12FN3O2. The number of hydrogen-bond acceptors (Lipinski definition) is 2. The van der Waals surface area contributed by atoms with Gasteiger partial charge in [0.1, 0.15) is 11.6 Å². The van der Waals surface area contributed by atoms with Crippen molar-refractivity contribution in [1.29, 1.82) is 0 Å². The van der Waals surface area contributed by atoms with Gasteiger partial charge in [0.05, 0.1) is 11.3 Å². The summed E-state index contributed by atoms with van der Waals surface area (Å²) < 4.78 is 14.8. The Morgan fingerprint density at radius 3 is 2.45 bits per heavy atom. The van der Waals surface area contributed by atoms with Crippen molar-refractivity contribution in [2.75, 3.05) is 5.32 Å². The van der Waals surface area contributed by atoms with Gasteiger partial charge in [0, 0.05) is 6.07 Å². The Kier molecular flexibility index (Phi) is 3.57. The molecule has 0 aliphatic carbocycles. The highest BCUT2D eigenvalue weighted by Crippen LogP contribution is 2.10. The summed E-state index contributed by atoms with van der Waals surface area (Å²) in [6.07, 6.45) is 0. The molecule has 1 aromatic heterocycles. The summed E-state index contributed by atoms with van der Waals surface area (Å²) >= 11 is 0. The fourth-order valence-electron chi connectivity index (χ4n) is 2.06. The van der Waals surface area contributed by atoms with Gasteiger partial charge in [-0.25, -0.2) is 9.07 Å². The summed E-state index contributed by atoms with van der Waals surface area (Å²) in [5, 5.41) is 5.24. The van der Waals surface area contributed by atoms with Crippen molar-refractivity contribution >= 4 is 11.7 Å². The maximum atomic E-state index is 13.6. The lowest BCUT2D eigenvalue weighted by Gasteiger charge is -2.04. The molecule has 110 valence electrons. The van der Waals surface area contributed by atoms with E-state index in [0.29, 0.717) is 5.69 Å². The van der Waals surface area contributed by atoms with Gasteiger partial charge < -0.3 is 5.32 Å². The Morgan fingerprint density at radius 2 is 1.73 bits per heavy atom. The molecule has 0 saturated heterocycles. The van der Waals surface area contributed by atoms with Gasteiger partial charge in [-0.2, -0.15) is 0 Å². The van der Waals surface area contributed by atoms with Crippen molar-refractivity contribution in [2.24, 2.45) is 0 Å². The van der Waals surface area contributed by atoms with Gasteiger partial charge in [-0.05, 0) is 24.3 Å². The van der Waals surface area contributed by atoms with Gasteiger partial charge in [-0.3, -0.25) is 14.7 Å². The van der Waals surface area contributed by atoms with Gasteiger partial charge in [-0.15, -0.1) is 0 Å². The topological polar surface area (TPSA) is 66.9 Å². The minimum atomic E-state index is -0.625. The molecule has 0 spiro atoms. The molecule has 6 heteroatoms. The Hall–Kier alpha value is -3.15. The zero-order valence-electron chi connectivity index (χ0n) is 11.4. The van der Waals surface area contributed by atoms with Crippen molar-refractivity contribution in [3.63, 3.8) is 0 Å². The molecule has 0 bridgehead atoms. The summed E-state index contributed by atoms with van der Waals surface area (Å²) in [5.41, 5.74) is 0.227. The number of carbonyl (C=O) groups excluding carboxylic acids is 1. The van der Waals surface area contributed by atoms with Crippen LogP contribution >= 0.6 is 0 Å². The van der Waals surface area contributed by atoms with Crippen LogP contribution in [0, 0.1) is 5.82 Å².